The molecule has 1 aliphatic rings. The first kappa shape index (κ1) is 24.9. The molecule has 1 aliphatic heterocycles. The summed E-state index contributed by atoms with van der Waals surface area (Å²) in [5.74, 6) is 0.902. The summed E-state index contributed by atoms with van der Waals surface area (Å²) >= 11 is 0. The van der Waals surface area contributed by atoms with Crippen molar-refractivity contribution < 1.29 is 0 Å². The van der Waals surface area contributed by atoms with Crippen LogP contribution >= 0.6 is 24.0 Å². The van der Waals surface area contributed by atoms with Gasteiger partial charge in [0, 0.05) is 51.0 Å². The number of rotatable bonds is 10. The number of hydrogen-bond acceptors (Lipinski definition) is 3. The summed E-state index contributed by atoms with van der Waals surface area (Å²) in [6.07, 6.45) is 9.08. The average Bonchev–Trinajstić information content (AvgIpc) is 2.69. The molecule has 1 atom stereocenters. The number of hydrogen-bond donors (Lipinski definition) is 2. The smallest absolute Gasteiger partial charge is 0.250 e. The van der Waals surface area contributed by atoms with Gasteiger partial charge in [0.1, 0.15) is 0 Å². The number of aryl methyl sites for hydroxylation is 1. The van der Waals surface area contributed by atoms with E-state index in [0.29, 0.717) is 0 Å². The Labute approximate surface area is 187 Å². The van der Waals surface area contributed by atoms with Gasteiger partial charge in [-0.1, -0.05) is 19.4 Å². The molecule has 0 aliphatic carbocycles. The van der Waals surface area contributed by atoms with E-state index in [0.717, 1.165) is 57.6 Å². The number of halogens is 1. The van der Waals surface area contributed by atoms with Gasteiger partial charge in [-0.3, -0.25) is 14.7 Å². The first-order valence-electron chi connectivity index (χ1n) is 10.7. The van der Waals surface area contributed by atoms with Crippen LogP contribution < -0.4 is 16.2 Å². The number of aliphatic imine (C=N–C) groups is 1. The second-order valence-electron chi connectivity index (χ2n) is 7.22. The van der Waals surface area contributed by atoms with Crippen molar-refractivity contribution in [2.24, 2.45) is 4.99 Å². The van der Waals surface area contributed by atoms with Crippen LogP contribution in [0.1, 0.15) is 52.4 Å². The van der Waals surface area contributed by atoms with Crippen LogP contribution in [-0.2, 0) is 6.54 Å². The Morgan fingerprint density at radius 2 is 2.04 bits per heavy atom. The van der Waals surface area contributed by atoms with Crippen LogP contribution in [0.25, 0.3) is 0 Å². The maximum Gasteiger partial charge on any atom is 0.250 e. The summed E-state index contributed by atoms with van der Waals surface area (Å²) in [6.45, 7) is 10.0. The van der Waals surface area contributed by atoms with E-state index in [1.54, 1.807) is 16.7 Å². The molecule has 1 fully saturated rings. The largest absolute Gasteiger partial charge is 0.357 e. The molecule has 2 N–H and O–H groups in total. The van der Waals surface area contributed by atoms with Gasteiger partial charge < -0.3 is 15.2 Å². The summed E-state index contributed by atoms with van der Waals surface area (Å²) < 4.78 is 1.76. The molecule has 2 rings (SSSR count). The van der Waals surface area contributed by atoms with Crippen molar-refractivity contribution in [3.63, 3.8) is 0 Å². The molecule has 0 aromatic carbocycles. The lowest BCUT2D eigenvalue weighted by Gasteiger charge is -2.35. The number of aromatic nitrogens is 1. The van der Waals surface area contributed by atoms with Crippen molar-refractivity contribution >= 4 is 29.9 Å². The van der Waals surface area contributed by atoms with Crippen LogP contribution in [0.15, 0.2) is 34.2 Å². The number of pyridine rings is 1. The molecule has 0 radical (unpaired) electrons. The van der Waals surface area contributed by atoms with E-state index >= 15 is 0 Å². The van der Waals surface area contributed by atoms with Crippen molar-refractivity contribution in [2.45, 2.75) is 65.0 Å². The van der Waals surface area contributed by atoms with Crippen LogP contribution in [-0.4, -0.2) is 54.2 Å². The standard InChI is InChI=1S/C21H37N5O.HI/c1-3-19-11-5-8-15-25(19)18-14-24-21(22-4-2)23-13-7-10-17-26-16-9-6-12-20(26)27;/h6,9,12,16,19H,3-5,7-8,10-11,13-15,17-18H2,1-2H3,(H2,22,23,24);1H. The highest BCUT2D eigenvalue weighted by atomic mass is 127. The normalized spacial score (nSPS) is 17.8. The van der Waals surface area contributed by atoms with Crippen molar-refractivity contribution in [2.75, 3.05) is 32.7 Å². The lowest BCUT2D eigenvalue weighted by Crippen LogP contribution is -2.46. The molecule has 2 heterocycles. The Kier molecular flexibility index (Phi) is 13.2. The number of piperidine rings is 1. The number of nitrogens with one attached hydrogen (secondary N) is 2. The minimum Gasteiger partial charge on any atom is -0.357 e. The molecule has 1 saturated heterocycles. The number of guanidine groups is 1. The van der Waals surface area contributed by atoms with E-state index in [-0.39, 0.29) is 29.5 Å². The van der Waals surface area contributed by atoms with Gasteiger partial charge in [0.15, 0.2) is 5.96 Å². The van der Waals surface area contributed by atoms with Gasteiger partial charge in [-0.15, -0.1) is 24.0 Å². The Morgan fingerprint density at radius 1 is 1.18 bits per heavy atom. The molecular formula is C21H38IN5O. The molecule has 1 aromatic heterocycles. The summed E-state index contributed by atoms with van der Waals surface area (Å²) in [4.78, 5) is 19.0. The predicted molar refractivity (Wildman–Crippen MR) is 129 cm³/mol. The van der Waals surface area contributed by atoms with Crippen LogP contribution in [0.4, 0.5) is 0 Å². The minimum atomic E-state index is 0. The summed E-state index contributed by atoms with van der Waals surface area (Å²) in [5, 5.41) is 6.80. The minimum absolute atomic E-state index is 0. The van der Waals surface area contributed by atoms with Gasteiger partial charge in [0.2, 0.25) is 5.56 Å². The molecule has 7 heteroatoms. The zero-order chi connectivity index (χ0) is 19.3. The van der Waals surface area contributed by atoms with Crippen LogP contribution in [0.3, 0.4) is 0 Å². The van der Waals surface area contributed by atoms with Gasteiger partial charge in [0.05, 0.1) is 0 Å². The van der Waals surface area contributed by atoms with Gasteiger partial charge in [-0.2, -0.15) is 0 Å². The molecule has 0 bridgehead atoms. The van der Waals surface area contributed by atoms with Crippen LogP contribution in [0, 0.1) is 0 Å². The summed E-state index contributed by atoms with van der Waals surface area (Å²) in [7, 11) is 0. The third-order valence-corrected chi connectivity index (χ3v) is 5.23. The third-order valence-electron chi connectivity index (χ3n) is 5.23. The Bertz CT molecular complexity index is 619. The van der Waals surface area contributed by atoms with E-state index in [9.17, 15) is 4.79 Å². The molecule has 28 heavy (non-hydrogen) atoms. The summed E-state index contributed by atoms with van der Waals surface area (Å²) in [6, 6.07) is 6.04. The Balaban J connectivity index is 0.00000392. The van der Waals surface area contributed by atoms with Crippen molar-refractivity contribution in [3.05, 3.63) is 34.7 Å². The zero-order valence-electron chi connectivity index (χ0n) is 17.5. The third kappa shape index (κ3) is 8.94. The summed E-state index contributed by atoms with van der Waals surface area (Å²) in [5.41, 5.74) is 0.0686. The van der Waals surface area contributed by atoms with E-state index < -0.39 is 0 Å². The highest BCUT2D eigenvalue weighted by Crippen LogP contribution is 2.18. The van der Waals surface area contributed by atoms with E-state index in [1.807, 2.05) is 12.3 Å². The fraction of sp³-hybridized carbons (Fsp3) is 0.714. The average molecular weight is 503 g/mol. The maximum absolute atomic E-state index is 11.7. The zero-order valence-corrected chi connectivity index (χ0v) is 19.9. The van der Waals surface area contributed by atoms with Gasteiger partial charge >= 0.3 is 0 Å². The lowest BCUT2D eigenvalue weighted by molar-refractivity contribution is 0.147. The van der Waals surface area contributed by atoms with Crippen molar-refractivity contribution in [1.29, 1.82) is 0 Å². The highest BCUT2D eigenvalue weighted by Gasteiger charge is 2.19. The molecular weight excluding hydrogens is 465 g/mol. The van der Waals surface area contributed by atoms with Crippen molar-refractivity contribution in [1.82, 2.24) is 20.1 Å². The second kappa shape index (κ2) is 14.8. The monoisotopic (exact) mass is 503 g/mol. The fourth-order valence-corrected chi connectivity index (χ4v) is 3.71. The van der Waals surface area contributed by atoms with Crippen molar-refractivity contribution in [3.8, 4) is 0 Å². The quantitative estimate of drug-likeness (QED) is 0.223. The van der Waals surface area contributed by atoms with E-state index in [2.05, 4.69) is 34.4 Å². The van der Waals surface area contributed by atoms with Crippen LogP contribution in [0.5, 0.6) is 0 Å². The fourth-order valence-electron chi connectivity index (χ4n) is 3.71. The number of likely N-dealkylation sites (tertiary alicyclic amines) is 1. The molecule has 0 saturated carbocycles. The van der Waals surface area contributed by atoms with Gasteiger partial charge in [-0.25, -0.2) is 0 Å². The number of unbranched alkanes of at least 4 members (excludes halogenated alkanes) is 1. The molecule has 0 amide bonds. The molecule has 160 valence electrons. The van der Waals surface area contributed by atoms with Gasteiger partial charge in [0.25, 0.3) is 0 Å². The van der Waals surface area contributed by atoms with Gasteiger partial charge in [-0.05, 0) is 51.6 Å². The van der Waals surface area contributed by atoms with Crippen LogP contribution in [0.2, 0.25) is 0 Å². The predicted octanol–water partition coefficient (Wildman–Crippen LogP) is 3.07. The topological polar surface area (TPSA) is 61.7 Å². The van der Waals surface area contributed by atoms with E-state index in [1.165, 1.54) is 32.2 Å². The highest BCUT2D eigenvalue weighted by molar-refractivity contribution is 14.0. The Hall–Kier alpha value is -1.09. The Morgan fingerprint density at radius 3 is 2.79 bits per heavy atom. The molecule has 1 aromatic rings. The second-order valence-corrected chi connectivity index (χ2v) is 7.22. The molecule has 1 unspecified atom stereocenters. The molecule has 0 spiro atoms. The SMILES string of the molecule is CCNC(=NCCCCn1ccccc1=O)NCCN1CCCCC1CC.I. The van der Waals surface area contributed by atoms with E-state index in [4.69, 9.17) is 0 Å². The number of nitrogens with zero attached hydrogens (tertiary/aromatic N) is 3. The lowest BCUT2D eigenvalue weighted by atomic mass is 10.0. The molecule has 6 nitrogen and oxygen atoms in total. The first-order chi connectivity index (χ1) is 13.2. The first-order valence-corrected chi connectivity index (χ1v) is 10.7. The maximum atomic E-state index is 11.7.